The SMILES string of the molecule is CCCC1(OCC)OCC(O)[C@@]2(O1)[C@@H](C)C[C@H]1[C@@H]3C[C@H](C)C4=CC(O)CC[C@]4(C)[C@H]3[C@@H](O)C[C@@]12C. The monoisotopic (exact) mass is 492 g/mol. The minimum absolute atomic E-state index is 0.0895. The number of fused-ring (bicyclic) bond motifs is 6. The molecule has 0 aromatic carbocycles. The second-order valence-electron chi connectivity index (χ2n) is 13.0. The lowest BCUT2D eigenvalue weighted by Crippen LogP contribution is -2.70. The van der Waals surface area contributed by atoms with E-state index in [0.29, 0.717) is 37.2 Å². The summed E-state index contributed by atoms with van der Waals surface area (Å²) in [5.41, 5.74) is 0.0438. The fourth-order valence-electron chi connectivity index (χ4n) is 10.0. The van der Waals surface area contributed by atoms with Gasteiger partial charge in [-0.25, -0.2) is 0 Å². The Morgan fingerprint density at radius 3 is 2.54 bits per heavy atom. The topological polar surface area (TPSA) is 88.4 Å². The third-order valence-corrected chi connectivity index (χ3v) is 11.2. The van der Waals surface area contributed by atoms with Gasteiger partial charge in [-0.3, -0.25) is 0 Å². The minimum atomic E-state index is -1.14. The predicted octanol–water partition coefficient (Wildman–Crippen LogP) is 4.41. The van der Waals surface area contributed by atoms with Gasteiger partial charge in [-0.2, -0.15) is 0 Å². The first-order valence-electron chi connectivity index (χ1n) is 14.2. The van der Waals surface area contributed by atoms with Gasteiger partial charge in [-0.15, -0.1) is 0 Å². The van der Waals surface area contributed by atoms with Gasteiger partial charge in [0.05, 0.1) is 18.8 Å². The molecular weight excluding hydrogens is 444 g/mol. The Morgan fingerprint density at radius 1 is 1.11 bits per heavy atom. The Bertz CT molecular complexity index is 837. The molecule has 6 heteroatoms. The van der Waals surface area contributed by atoms with Crippen molar-refractivity contribution in [3.63, 3.8) is 0 Å². The third kappa shape index (κ3) is 3.50. The molecule has 5 aliphatic rings. The van der Waals surface area contributed by atoms with Crippen LogP contribution >= 0.6 is 0 Å². The molecule has 3 saturated carbocycles. The van der Waals surface area contributed by atoms with Gasteiger partial charge in [0.15, 0.2) is 0 Å². The zero-order valence-corrected chi connectivity index (χ0v) is 22.6. The molecule has 0 aromatic rings. The molecule has 1 aliphatic heterocycles. The van der Waals surface area contributed by atoms with Crippen molar-refractivity contribution < 1.29 is 29.5 Å². The summed E-state index contributed by atoms with van der Waals surface area (Å²) in [6, 6.07) is 0. The Kier molecular flexibility index (Phi) is 6.55. The maximum atomic E-state index is 11.9. The van der Waals surface area contributed by atoms with Gasteiger partial charge >= 0.3 is 0 Å². The summed E-state index contributed by atoms with van der Waals surface area (Å²) >= 11 is 0. The molecule has 0 amide bonds. The Morgan fingerprint density at radius 2 is 1.86 bits per heavy atom. The number of aliphatic hydroxyl groups excluding tert-OH is 3. The lowest BCUT2D eigenvalue weighted by molar-refractivity contribution is -0.474. The molecule has 200 valence electrons. The lowest BCUT2D eigenvalue weighted by Gasteiger charge is -2.64. The van der Waals surface area contributed by atoms with Crippen molar-refractivity contribution in [2.24, 2.45) is 40.4 Å². The summed E-state index contributed by atoms with van der Waals surface area (Å²) in [6.45, 7) is 13.8. The van der Waals surface area contributed by atoms with Crippen LogP contribution in [0.1, 0.15) is 86.5 Å². The van der Waals surface area contributed by atoms with Crippen LogP contribution in [0, 0.1) is 40.4 Å². The summed E-state index contributed by atoms with van der Waals surface area (Å²) in [4.78, 5) is 0. The minimum Gasteiger partial charge on any atom is -0.393 e. The van der Waals surface area contributed by atoms with Crippen LogP contribution in [0.2, 0.25) is 0 Å². The number of hydrogen-bond acceptors (Lipinski definition) is 6. The molecule has 1 spiro atoms. The van der Waals surface area contributed by atoms with Gasteiger partial charge < -0.3 is 29.5 Å². The molecule has 1 saturated heterocycles. The fraction of sp³-hybridized carbons (Fsp3) is 0.931. The van der Waals surface area contributed by atoms with Crippen LogP contribution in [0.4, 0.5) is 0 Å². The summed E-state index contributed by atoms with van der Waals surface area (Å²) in [6.07, 6.45) is 6.22. The molecule has 0 aromatic heterocycles. The van der Waals surface area contributed by atoms with E-state index in [1.807, 2.05) is 6.92 Å². The van der Waals surface area contributed by atoms with E-state index in [9.17, 15) is 15.3 Å². The van der Waals surface area contributed by atoms with E-state index in [0.717, 1.165) is 32.1 Å². The van der Waals surface area contributed by atoms with Gasteiger partial charge in [0.1, 0.15) is 11.7 Å². The summed E-state index contributed by atoms with van der Waals surface area (Å²) < 4.78 is 19.1. The van der Waals surface area contributed by atoms with E-state index in [1.165, 1.54) is 5.57 Å². The average molecular weight is 493 g/mol. The Labute approximate surface area is 211 Å². The Hall–Kier alpha value is -0.500. The summed E-state index contributed by atoms with van der Waals surface area (Å²) in [5, 5.41) is 33.9. The zero-order valence-electron chi connectivity index (χ0n) is 22.6. The van der Waals surface area contributed by atoms with Crippen molar-refractivity contribution >= 4 is 0 Å². The van der Waals surface area contributed by atoms with Crippen molar-refractivity contribution in [2.45, 2.75) is 116 Å². The van der Waals surface area contributed by atoms with Crippen LogP contribution < -0.4 is 0 Å². The molecular formula is C29H48O6. The first-order valence-corrected chi connectivity index (χ1v) is 14.2. The summed E-state index contributed by atoms with van der Waals surface area (Å²) in [5.74, 6) is 0.213. The van der Waals surface area contributed by atoms with Crippen LogP contribution in [0.15, 0.2) is 11.6 Å². The smallest absolute Gasteiger partial charge is 0.283 e. The van der Waals surface area contributed by atoms with E-state index >= 15 is 0 Å². The van der Waals surface area contributed by atoms with E-state index in [4.69, 9.17) is 14.2 Å². The second kappa shape index (κ2) is 8.78. The van der Waals surface area contributed by atoms with Crippen molar-refractivity contribution in [2.75, 3.05) is 13.2 Å². The maximum absolute atomic E-state index is 11.9. The normalized spacial score (nSPS) is 55.7. The molecule has 3 N–H and O–H groups in total. The largest absolute Gasteiger partial charge is 0.393 e. The molecule has 5 rings (SSSR count). The highest BCUT2D eigenvalue weighted by atomic mass is 16.9. The molecule has 3 unspecified atom stereocenters. The van der Waals surface area contributed by atoms with E-state index in [1.54, 1.807) is 0 Å². The van der Waals surface area contributed by atoms with Gasteiger partial charge in [0, 0.05) is 18.4 Å². The Balaban J connectivity index is 1.56. The van der Waals surface area contributed by atoms with Crippen molar-refractivity contribution in [3.05, 3.63) is 11.6 Å². The van der Waals surface area contributed by atoms with Crippen molar-refractivity contribution in [3.8, 4) is 0 Å². The second-order valence-corrected chi connectivity index (χ2v) is 13.0. The summed E-state index contributed by atoms with van der Waals surface area (Å²) in [7, 11) is 0. The van der Waals surface area contributed by atoms with Gasteiger partial charge in [0.25, 0.3) is 5.97 Å². The van der Waals surface area contributed by atoms with E-state index < -0.39 is 29.2 Å². The molecule has 12 atom stereocenters. The standard InChI is InChI=1S/C29H48O6/c1-7-10-28(33-8-2)34-16-24(32)29(35-28)18(4)13-22-20-12-17(3)21-14-19(30)9-11-26(21,5)25(20)23(31)15-27(22,29)6/h14,17-20,22-25,30-32H,7-13,15-16H2,1-6H3/t17-,18-,19?,20-,22-,23-,24?,25+,26-,27-,28?,29-/m0/s1. The third-order valence-electron chi connectivity index (χ3n) is 11.2. The highest BCUT2D eigenvalue weighted by Gasteiger charge is 2.74. The van der Waals surface area contributed by atoms with Crippen LogP contribution in [0.5, 0.6) is 0 Å². The number of rotatable bonds is 4. The molecule has 4 fully saturated rings. The maximum Gasteiger partial charge on any atom is 0.283 e. The molecule has 0 bridgehead atoms. The number of allylic oxidation sites excluding steroid dienone is 1. The molecule has 35 heavy (non-hydrogen) atoms. The van der Waals surface area contributed by atoms with Crippen molar-refractivity contribution in [1.29, 1.82) is 0 Å². The van der Waals surface area contributed by atoms with Crippen LogP contribution in [0.3, 0.4) is 0 Å². The molecule has 0 radical (unpaired) electrons. The number of aliphatic hydroxyl groups is 3. The molecule has 6 nitrogen and oxygen atoms in total. The fourth-order valence-corrected chi connectivity index (χ4v) is 10.0. The number of hydrogen-bond donors (Lipinski definition) is 3. The number of ether oxygens (including phenoxy) is 3. The van der Waals surface area contributed by atoms with Gasteiger partial charge in [-0.1, -0.05) is 46.3 Å². The van der Waals surface area contributed by atoms with E-state index in [-0.39, 0.29) is 30.0 Å². The predicted molar refractivity (Wildman–Crippen MR) is 133 cm³/mol. The highest BCUT2D eigenvalue weighted by Crippen LogP contribution is 2.71. The molecule has 1 heterocycles. The van der Waals surface area contributed by atoms with Gasteiger partial charge in [0.2, 0.25) is 0 Å². The van der Waals surface area contributed by atoms with Crippen LogP contribution in [0.25, 0.3) is 0 Å². The quantitative estimate of drug-likeness (QED) is 0.504. The zero-order chi connectivity index (χ0) is 25.4. The first-order chi connectivity index (χ1) is 16.5. The highest BCUT2D eigenvalue weighted by molar-refractivity contribution is 5.30. The van der Waals surface area contributed by atoms with Gasteiger partial charge in [-0.05, 0) is 80.5 Å². The van der Waals surface area contributed by atoms with E-state index in [2.05, 4.69) is 40.7 Å². The first kappa shape index (κ1) is 26.1. The lowest BCUT2D eigenvalue weighted by atomic mass is 9.43. The van der Waals surface area contributed by atoms with Crippen LogP contribution in [-0.2, 0) is 14.2 Å². The van der Waals surface area contributed by atoms with Crippen molar-refractivity contribution in [1.82, 2.24) is 0 Å². The molecule has 4 aliphatic carbocycles. The average Bonchev–Trinajstić information content (AvgIpc) is 3.00. The van der Waals surface area contributed by atoms with Crippen LogP contribution in [-0.4, -0.2) is 58.4 Å².